The molecule has 2 aliphatic heterocycles. The number of alkyl halides is 1. The van der Waals surface area contributed by atoms with Gasteiger partial charge in [0.25, 0.3) is 0 Å². The third-order valence-electron chi connectivity index (χ3n) is 3.35. The van der Waals surface area contributed by atoms with E-state index in [-0.39, 0.29) is 5.84 Å². The molecule has 3 rings (SSSR count). The molecule has 5 unspecified atom stereocenters. The van der Waals surface area contributed by atoms with E-state index in [0.717, 1.165) is 0 Å². The molecule has 5 atom stereocenters. The van der Waals surface area contributed by atoms with Crippen molar-refractivity contribution < 1.29 is 19.3 Å². The van der Waals surface area contributed by atoms with Gasteiger partial charge in [0.15, 0.2) is 24.1 Å². The molecule has 20 heavy (non-hydrogen) atoms. The highest BCUT2D eigenvalue weighted by atomic mass is 19.1. The molecule has 0 amide bonds. The summed E-state index contributed by atoms with van der Waals surface area (Å²) >= 11 is 0. The van der Waals surface area contributed by atoms with Crippen LogP contribution in [-0.2, 0) is 4.74 Å². The molecule has 0 aliphatic carbocycles. The first kappa shape index (κ1) is 13.2. The number of aliphatic hydroxyl groups excluding tert-OH is 2. The molecule has 0 bridgehead atoms. The topological polar surface area (TPSA) is 144 Å². The number of aromatic nitrogens is 2. The maximum absolute atomic E-state index is 14.1. The first-order chi connectivity index (χ1) is 9.52. The smallest absolute Gasteiger partial charge is 0.194 e. The van der Waals surface area contributed by atoms with Crippen LogP contribution in [0.3, 0.4) is 0 Å². The van der Waals surface area contributed by atoms with Crippen molar-refractivity contribution in [1.29, 1.82) is 0 Å². The summed E-state index contributed by atoms with van der Waals surface area (Å²) in [6, 6.07) is 0. The fourth-order valence-corrected chi connectivity index (χ4v) is 2.36. The van der Waals surface area contributed by atoms with Crippen LogP contribution in [-0.4, -0.2) is 57.0 Å². The summed E-state index contributed by atoms with van der Waals surface area (Å²) in [5.74, 6) is 0.412. The molecule has 1 fully saturated rings. The molecule has 10 heteroatoms. The Morgan fingerprint density at radius 2 is 2.30 bits per heavy atom. The number of nitrogens with two attached hydrogens (primary N) is 2. The van der Waals surface area contributed by atoms with Gasteiger partial charge < -0.3 is 20.7 Å². The molecule has 7 N–H and O–H groups in total. The predicted molar refractivity (Wildman–Crippen MR) is 65.9 cm³/mol. The van der Waals surface area contributed by atoms with Crippen molar-refractivity contribution in [2.75, 3.05) is 12.0 Å². The second kappa shape index (κ2) is 4.66. The second-order valence-corrected chi connectivity index (χ2v) is 4.64. The molecular weight excluding hydrogens is 271 g/mol. The summed E-state index contributed by atoms with van der Waals surface area (Å²) < 4.78 is 20.8. The van der Waals surface area contributed by atoms with Gasteiger partial charge in [-0.3, -0.25) is 11.2 Å². The van der Waals surface area contributed by atoms with Crippen molar-refractivity contribution in [1.82, 2.24) is 9.66 Å². The number of halogens is 1. The van der Waals surface area contributed by atoms with Crippen molar-refractivity contribution in [3.63, 3.8) is 0 Å². The Kier molecular flexibility index (Phi) is 3.09. The van der Waals surface area contributed by atoms with E-state index in [2.05, 4.69) is 15.4 Å². The van der Waals surface area contributed by atoms with Crippen molar-refractivity contribution in [3.05, 3.63) is 17.7 Å². The lowest BCUT2D eigenvalue weighted by atomic mass is 10.1. The lowest BCUT2D eigenvalue weighted by Crippen LogP contribution is -2.44. The van der Waals surface area contributed by atoms with E-state index in [1.807, 2.05) is 0 Å². The average Bonchev–Trinajstić information content (AvgIpc) is 2.93. The zero-order valence-electron chi connectivity index (χ0n) is 10.3. The molecule has 1 saturated heterocycles. The molecular formula is C10H15FN6O3. The highest BCUT2D eigenvalue weighted by Gasteiger charge is 2.46. The number of rotatable bonds is 2. The second-order valence-electron chi connectivity index (χ2n) is 4.64. The van der Waals surface area contributed by atoms with Crippen LogP contribution in [0.15, 0.2) is 11.2 Å². The van der Waals surface area contributed by atoms with E-state index in [0.29, 0.717) is 11.5 Å². The van der Waals surface area contributed by atoms with Crippen LogP contribution in [0.2, 0.25) is 0 Å². The Morgan fingerprint density at radius 1 is 1.55 bits per heavy atom. The van der Waals surface area contributed by atoms with E-state index in [1.165, 1.54) is 10.9 Å². The Labute approximate surface area is 113 Å². The van der Waals surface area contributed by atoms with Gasteiger partial charge in [0, 0.05) is 0 Å². The molecule has 0 aromatic carbocycles. The number of amidine groups is 1. The lowest BCUT2D eigenvalue weighted by Gasteiger charge is -2.23. The largest absolute Gasteiger partial charge is 0.394 e. The molecule has 0 saturated carbocycles. The first-order valence-electron chi connectivity index (χ1n) is 6.04. The fraction of sp³-hybridized carbons (Fsp3) is 0.600. The molecule has 3 heterocycles. The minimum absolute atomic E-state index is 0.121. The number of imidazole rings is 1. The van der Waals surface area contributed by atoms with Gasteiger partial charge in [0.2, 0.25) is 0 Å². The quantitative estimate of drug-likeness (QED) is 0.405. The monoisotopic (exact) mass is 286 g/mol. The van der Waals surface area contributed by atoms with E-state index < -0.39 is 37.4 Å². The van der Waals surface area contributed by atoms with Crippen LogP contribution in [0.5, 0.6) is 0 Å². The van der Waals surface area contributed by atoms with Crippen LogP contribution in [0.1, 0.15) is 17.6 Å². The van der Waals surface area contributed by atoms with E-state index in [4.69, 9.17) is 21.3 Å². The van der Waals surface area contributed by atoms with Gasteiger partial charge in [-0.1, -0.05) is 0 Å². The van der Waals surface area contributed by atoms with Gasteiger partial charge >= 0.3 is 0 Å². The van der Waals surface area contributed by atoms with Crippen molar-refractivity contribution >= 4 is 5.84 Å². The van der Waals surface area contributed by atoms with E-state index in [1.54, 1.807) is 0 Å². The van der Waals surface area contributed by atoms with Crippen LogP contribution >= 0.6 is 0 Å². The standard InChI is InChI=1S/C10H15FN6O3/c11-5-6(19)4(2-18)20-7(5)3-1-14-9-8(12)15-10(13)16-17(3)9/h1,4-7,10,16,18-19H,2,13H2,(H2,12,15). The summed E-state index contributed by atoms with van der Waals surface area (Å²) in [6.45, 7) is -0.477. The van der Waals surface area contributed by atoms with Gasteiger partial charge in [0.1, 0.15) is 18.3 Å². The number of nitrogens with zero attached hydrogens (tertiary/aromatic N) is 3. The third kappa shape index (κ3) is 1.85. The van der Waals surface area contributed by atoms with Crippen LogP contribution in [0.25, 0.3) is 0 Å². The molecule has 1 aromatic rings. The molecule has 110 valence electrons. The van der Waals surface area contributed by atoms with Crippen LogP contribution < -0.4 is 16.9 Å². The third-order valence-corrected chi connectivity index (χ3v) is 3.35. The predicted octanol–water partition coefficient (Wildman–Crippen LogP) is -2.48. The van der Waals surface area contributed by atoms with E-state index in [9.17, 15) is 9.50 Å². The zero-order chi connectivity index (χ0) is 14.4. The highest BCUT2D eigenvalue weighted by molar-refractivity contribution is 5.95. The SMILES string of the molecule is NC1=NC(N)Nn2c(C3OC(CO)C(O)C3F)cnc21. The molecule has 0 radical (unpaired) electrons. The van der Waals surface area contributed by atoms with Crippen LogP contribution in [0.4, 0.5) is 4.39 Å². The average molecular weight is 286 g/mol. The lowest BCUT2D eigenvalue weighted by molar-refractivity contribution is -0.0243. The maximum atomic E-state index is 14.1. The zero-order valence-corrected chi connectivity index (χ0v) is 10.3. The minimum atomic E-state index is -1.69. The van der Waals surface area contributed by atoms with Gasteiger partial charge in [-0.25, -0.2) is 19.0 Å². The van der Waals surface area contributed by atoms with Gasteiger partial charge in [0.05, 0.1) is 18.5 Å². The highest BCUT2D eigenvalue weighted by Crippen LogP contribution is 2.35. The number of hydrogen-bond acceptors (Lipinski definition) is 8. The van der Waals surface area contributed by atoms with Gasteiger partial charge in [-0.15, -0.1) is 0 Å². The normalized spacial score (nSPS) is 36.4. The number of fused-ring (bicyclic) bond motifs is 1. The van der Waals surface area contributed by atoms with Gasteiger partial charge in [-0.05, 0) is 0 Å². The van der Waals surface area contributed by atoms with Crippen molar-refractivity contribution in [2.45, 2.75) is 30.8 Å². The van der Waals surface area contributed by atoms with E-state index >= 15 is 0 Å². The van der Waals surface area contributed by atoms with Crippen molar-refractivity contribution in [2.24, 2.45) is 16.5 Å². The Morgan fingerprint density at radius 3 is 2.95 bits per heavy atom. The number of ether oxygens (including phenoxy) is 1. The Bertz CT molecular complexity index is 549. The summed E-state index contributed by atoms with van der Waals surface area (Å²) in [5.41, 5.74) is 14.4. The summed E-state index contributed by atoms with van der Waals surface area (Å²) in [4.78, 5) is 7.91. The summed E-state index contributed by atoms with van der Waals surface area (Å²) in [7, 11) is 0. The molecule has 1 aromatic heterocycles. The summed E-state index contributed by atoms with van der Waals surface area (Å²) in [6.07, 6.45) is -4.57. The fourth-order valence-electron chi connectivity index (χ4n) is 2.36. The minimum Gasteiger partial charge on any atom is -0.394 e. The number of aliphatic hydroxyl groups is 2. The van der Waals surface area contributed by atoms with Crippen molar-refractivity contribution in [3.8, 4) is 0 Å². The number of hydrogen-bond donors (Lipinski definition) is 5. The Hall–Kier alpha value is -1.75. The molecule has 2 aliphatic rings. The Balaban J connectivity index is 1.95. The number of nitrogens with one attached hydrogen (secondary N) is 1. The summed E-state index contributed by atoms with van der Waals surface area (Å²) in [5, 5.41) is 18.7. The molecule has 0 spiro atoms. The number of aliphatic imine (C=N–C) groups is 1. The van der Waals surface area contributed by atoms with Gasteiger partial charge in [-0.2, -0.15) is 0 Å². The maximum Gasteiger partial charge on any atom is 0.194 e. The van der Waals surface area contributed by atoms with Crippen LogP contribution in [0, 0.1) is 0 Å². The first-order valence-corrected chi connectivity index (χ1v) is 6.04. The molecule has 9 nitrogen and oxygen atoms in total.